The predicted octanol–water partition coefficient (Wildman–Crippen LogP) is 2.41. The van der Waals surface area contributed by atoms with Crippen LogP contribution in [0.4, 0.5) is 5.69 Å². The smallest absolute Gasteiger partial charge is 0.308 e. The summed E-state index contributed by atoms with van der Waals surface area (Å²) >= 11 is 0. The van der Waals surface area contributed by atoms with Crippen molar-refractivity contribution < 1.29 is 19.1 Å². The van der Waals surface area contributed by atoms with Crippen LogP contribution in [0.25, 0.3) is 0 Å². The maximum absolute atomic E-state index is 12.3. The maximum Gasteiger partial charge on any atom is 0.308 e. The Kier molecular flexibility index (Phi) is 4.90. The summed E-state index contributed by atoms with van der Waals surface area (Å²) in [5.41, 5.74) is 1.13. The van der Waals surface area contributed by atoms with Crippen molar-refractivity contribution in [1.29, 1.82) is 0 Å². The van der Waals surface area contributed by atoms with Gasteiger partial charge in [-0.15, -0.1) is 0 Å². The summed E-state index contributed by atoms with van der Waals surface area (Å²) in [6.45, 7) is 2.80. The number of amides is 1. The number of rotatable bonds is 4. The lowest BCUT2D eigenvalue weighted by atomic mass is 10.1. The minimum Gasteiger partial charge on any atom is -0.427 e. The average molecular weight is 329 g/mol. The third kappa shape index (κ3) is 3.99. The van der Waals surface area contributed by atoms with E-state index in [1.54, 1.807) is 30.5 Å². The molecule has 0 bridgehead atoms. The van der Waals surface area contributed by atoms with E-state index in [-0.39, 0.29) is 5.91 Å². The number of esters is 1. The fourth-order valence-electron chi connectivity index (χ4n) is 2.60. The van der Waals surface area contributed by atoms with Crippen LogP contribution >= 0.6 is 0 Å². The first-order valence-electron chi connectivity index (χ1n) is 7.83. The first-order valence-corrected chi connectivity index (χ1v) is 7.83. The van der Waals surface area contributed by atoms with Crippen LogP contribution in [0.3, 0.4) is 0 Å². The molecule has 1 aliphatic heterocycles. The van der Waals surface area contributed by atoms with Gasteiger partial charge >= 0.3 is 5.97 Å². The molecule has 1 aliphatic rings. The van der Waals surface area contributed by atoms with Crippen molar-refractivity contribution in [2.45, 2.75) is 25.8 Å². The highest BCUT2D eigenvalue weighted by Gasteiger charge is 2.17. The van der Waals surface area contributed by atoms with E-state index in [4.69, 9.17) is 9.47 Å². The minimum absolute atomic E-state index is 0.240. The van der Waals surface area contributed by atoms with Gasteiger partial charge < -0.3 is 14.8 Å². The number of ether oxygens (including phenoxy) is 2. The molecule has 1 fully saturated rings. The Bertz CT molecular complexity index is 718. The van der Waals surface area contributed by atoms with Crippen molar-refractivity contribution in [3.05, 3.63) is 42.2 Å². The molecule has 1 amide bonds. The van der Waals surface area contributed by atoms with Gasteiger partial charge in [-0.05, 0) is 37.1 Å². The van der Waals surface area contributed by atoms with Gasteiger partial charge in [-0.2, -0.15) is 5.10 Å². The van der Waals surface area contributed by atoms with Crippen molar-refractivity contribution in [1.82, 2.24) is 9.78 Å². The van der Waals surface area contributed by atoms with Crippen molar-refractivity contribution in [2.24, 2.45) is 0 Å². The number of nitrogens with zero attached hydrogens (tertiary/aromatic N) is 2. The molecule has 1 aromatic heterocycles. The monoisotopic (exact) mass is 329 g/mol. The molecule has 7 nitrogen and oxygen atoms in total. The number of hydrogen-bond donors (Lipinski definition) is 1. The van der Waals surface area contributed by atoms with Crippen molar-refractivity contribution >= 4 is 17.6 Å². The molecule has 0 saturated carbocycles. The van der Waals surface area contributed by atoms with E-state index in [0.29, 0.717) is 23.0 Å². The third-order valence-electron chi connectivity index (χ3n) is 3.80. The van der Waals surface area contributed by atoms with Gasteiger partial charge in [-0.25, -0.2) is 0 Å². The van der Waals surface area contributed by atoms with Gasteiger partial charge in [-0.1, -0.05) is 0 Å². The Morgan fingerprint density at radius 1 is 1.25 bits per heavy atom. The van der Waals surface area contributed by atoms with Gasteiger partial charge in [0.2, 0.25) is 0 Å². The highest BCUT2D eigenvalue weighted by Crippen LogP contribution is 2.22. The Hall–Kier alpha value is -2.67. The van der Waals surface area contributed by atoms with E-state index >= 15 is 0 Å². The summed E-state index contributed by atoms with van der Waals surface area (Å²) in [4.78, 5) is 23.1. The molecule has 1 N–H and O–H groups in total. The molecule has 0 radical (unpaired) electrons. The molecule has 7 heteroatoms. The summed E-state index contributed by atoms with van der Waals surface area (Å²) < 4.78 is 12.2. The van der Waals surface area contributed by atoms with Gasteiger partial charge in [0.1, 0.15) is 5.75 Å². The number of carbonyl (C=O) groups excluding carboxylic acids is 2. The molecule has 2 heterocycles. The Labute approximate surface area is 139 Å². The number of carbonyl (C=O) groups is 2. The molecule has 126 valence electrons. The van der Waals surface area contributed by atoms with Crippen LogP contribution in [-0.4, -0.2) is 34.9 Å². The SMILES string of the molecule is CC(=O)Oc1ccc(C(=O)Nc2cnn(C3CCOCC3)c2)cc1. The van der Waals surface area contributed by atoms with Crippen LogP contribution < -0.4 is 10.1 Å². The molecule has 0 unspecified atom stereocenters. The number of anilines is 1. The number of nitrogens with one attached hydrogen (secondary N) is 1. The molecule has 3 rings (SSSR count). The van der Waals surface area contributed by atoms with Crippen LogP contribution in [0.5, 0.6) is 5.75 Å². The first kappa shape index (κ1) is 16.2. The quantitative estimate of drug-likeness (QED) is 0.688. The van der Waals surface area contributed by atoms with Crippen LogP contribution in [0, 0.1) is 0 Å². The fraction of sp³-hybridized carbons (Fsp3) is 0.353. The van der Waals surface area contributed by atoms with E-state index in [1.165, 1.54) is 6.92 Å². The largest absolute Gasteiger partial charge is 0.427 e. The number of aromatic nitrogens is 2. The third-order valence-corrected chi connectivity index (χ3v) is 3.80. The van der Waals surface area contributed by atoms with Crippen molar-refractivity contribution in [2.75, 3.05) is 18.5 Å². The zero-order valence-corrected chi connectivity index (χ0v) is 13.4. The summed E-state index contributed by atoms with van der Waals surface area (Å²) in [6, 6.07) is 6.70. The van der Waals surface area contributed by atoms with Crippen LogP contribution in [-0.2, 0) is 9.53 Å². The Morgan fingerprint density at radius 2 is 1.96 bits per heavy atom. The Balaban J connectivity index is 1.62. The van der Waals surface area contributed by atoms with Gasteiger partial charge in [0.15, 0.2) is 0 Å². The van der Waals surface area contributed by atoms with E-state index in [2.05, 4.69) is 10.4 Å². The topological polar surface area (TPSA) is 82.5 Å². The summed E-state index contributed by atoms with van der Waals surface area (Å²) in [6.07, 6.45) is 5.32. The van der Waals surface area contributed by atoms with Crippen LogP contribution in [0.1, 0.15) is 36.2 Å². The van der Waals surface area contributed by atoms with Gasteiger partial charge in [0.25, 0.3) is 5.91 Å². The zero-order valence-electron chi connectivity index (χ0n) is 13.4. The summed E-state index contributed by atoms with van der Waals surface area (Å²) in [5, 5.41) is 7.14. The molecule has 0 aliphatic carbocycles. The number of hydrogen-bond acceptors (Lipinski definition) is 5. The lowest BCUT2D eigenvalue weighted by Crippen LogP contribution is -2.19. The predicted molar refractivity (Wildman–Crippen MR) is 87.0 cm³/mol. The highest BCUT2D eigenvalue weighted by atomic mass is 16.5. The second kappa shape index (κ2) is 7.27. The summed E-state index contributed by atoms with van der Waals surface area (Å²) in [7, 11) is 0. The van der Waals surface area contributed by atoms with E-state index < -0.39 is 5.97 Å². The lowest BCUT2D eigenvalue weighted by molar-refractivity contribution is -0.131. The van der Waals surface area contributed by atoms with E-state index in [9.17, 15) is 9.59 Å². The molecule has 24 heavy (non-hydrogen) atoms. The van der Waals surface area contributed by atoms with Crippen molar-refractivity contribution in [3.63, 3.8) is 0 Å². The van der Waals surface area contributed by atoms with E-state index in [1.807, 2.05) is 10.9 Å². The second-order valence-electron chi connectivity index (χ2n) is 5.62. The molecule has 0 spiro atoms. The molecule has 1 aromatic carbocycles. The van der Waals surface area contributed by atoms with E-state index in [0.717, 1.165) is 26.1 Å². The fourth-order valence-corrected chi connectivity index (χ4v) is 2.60. The molecule has 1 saturated heterocycles. The number of benzene rings is 1. The zero-order chi connectivity index (χ0) is 16.9. The average Bonchev–Trinajstić information content (AvgIpc) is 3.04. The maximum atomic E-state index is 12.3. The lowest BCUT2D eigenvalue weighted by Gasteiger charge is -2.22. The molecular weight excluding hydrogens is 310 g/mol. The first-order chi connectivity index (χ1) is 11.6. The van der Waals surface area contributed by atoms with Crippen molar-refractivity contribution in [3.8, 4) is 5.75 Å². The van der Waals surface area contributed by atoms with Gasteiger partial charge in [-0.3, -0.25) is 14.3 Å². The Morgan fingerprint density at radius 3 is 2.62 bits per heavy atom. The molecule has 2 aromatic rings. The molecule has 0 atom stereocenters. The second-order valence-corrected chi connectivity index (χ2v) is 5.62. The van der Waals surface area contributed by atoms with Gasteiger partial charge in [0, 0.05) is 31.9 Å². The van der Waals surface area contributed by atoms with Crippen LogP contribution in [0.2, 0.25) is 0 Å². The van der Waals surface area contributed by atoms with Crippen LogP contribution in [0.15, 0.2) is 36.7 Å². The molecular formula is C17H19N3O4. The normalized spacial score (nSPS) is 15.0. The minimum atomic E-state index is -0.396. The highest BCUT2D eigenvalue weighted by molar-refractivity contribution is 6.04. The van der Waals surface area contributed by atoms with Gasteiger partial charge in [0.05, 0.1) is 17.9 Å². The standard InChI is InChI=1S/C17H19N3O4/c1-12(21)24-16-4-2-13(3-5-16)17(22)19-14-10-18-20(11-14)15-6-8-23-9-7-15/h2-5,10-11,15H,6-9H2,1H3,(H,19,22). The summed E-state index contributed by atoms with van der Waals surface area (Å²) in [5.74, 6) is -0.227.